The number of rotatable bonds is 4. The van der Waals surface area contributed by atoms with Crippen LogP contribution in [0.25, 0.3) is 0 Å². The molecule has 0 aromatic rings. The molecule has 0 N–H and O–H groups in total. The Bertz CT molecular complexity index is 97.7. The Morgan fingerprint density at radius 3 is 2.70 bits per heavy atom. The highest BCUT2D eigenvalue weighted by Gasteiger charge is 2.39. The molecule has 0 spiro atoms. The van der Waals surface area contributed by atoms with Gasteiger partial charge in [-0.2, -0.15) is 0 Å². The van der Waals surface area contributed by atoms with Crippen molar-refractivity contribution in [2.45, 2.75) is 12.4 Å². The molecule has 1 aliphatic rings. The lowest BCUT2D eigenvalue weighted by molar-refractivity contribution is -0.426. The highest BCUT2D eigenvalue weighted by atomic mass is 35.5. The molecule has 0 radical (unpaired) electrons. The van der Waals surface area contributed by atoms with E-state index in [4.69, 9.17) is 25.8 Å². The minimum atomic E-state index is -0.769. The fourth-order valence-corrected chi connectivity index (χ4v) is 0.874. The van der Waals surface area contributed by atoms with E-state index >= 15 is 0 Å². The predicted octanol–water partition coefficient (Wildman–Crippen LogP) is 0.962. The highest BCUT2D eigenvalue weighted by Crippen LogP contribution is 2.27. The minimum Gasteiger partial charge on any atom is -0.331 e. The van der Waals surface area contributed by atoms with Crippen molar-refractivity contribution in [3.63, 3.8) is 0 Å². The van der Waals surface area contributed by atoms with Crippen molar-refractivity contribution in [2.75, 3.05) is 26.2 Å². The summed E-state index contributed by atoms with van der Waals surface area (Å²) in [6.07, 6.45) is 0.792. The molecule has 1 saturated heterocycles. The summed E-state index contributed by atoms with van der Waals surface area (Å²) in [5.41, 5.74) is 0. The largest absolute Gasteiger partial charge is 0.331 e. The van der Waals surface area contributed by atoms with E-state index in [1.54, 1.807) is 7.11 Å². The monoisotopic (exact) mass is 166 g/mol. The smallest absolute Gasteiger partial charge is 0.284 e. The summed E-state index contributed by atoms with van der Waals surface area (Å²) >= 11 is 5.41. The van der Waals surface area contributed by atoms with Crippen molar-refractivity contribution >= 4 is 11.6 Å². The zero-order valence-corrected chi connectivity index (χ0v) is 6.69. The van der Waals surface area contributed by atoms with E-state index in [0.717, 1.165) is 6.42 Å². The molecule has 0 bridgehead atoms. The van der Waals surface area contributed by atoms with E-state index in [1.165, 1.54) is 0 Å². The first-order valence-corrected chi connectivity index (χ1v) is 3.75. The normalized spacial score (nSPS) is 31.8. The molecule has 0 saturated carbocycles. The van der Waals surface area contributed by atoms with Gasteiger partial charge in [0.1, 0.15) is 0 Å². The summed E-state index contributed by atoms with van der Waals surface area (Å²) in [6, 6.07) is 0. The van der Waals surface area contributed by atoms with Crippen molar-refractivity contribution in [1.29, 1.82) is 0 Å². The van der Waals surface area contributed by atoms with Crippen molar-refractivity contribution < 1.29 is 14.2 Å². The Labute approximate surface area is 65.2 Å². The van der Waals surface area contributed by atoms with Crippen LogP contribution >= 0.6 is 11.6 Å². The second-order valence-electron chi connectivity index (χ2n) is 2.02. The van der Waals surface area contributed by atoms with Gasteiger partial charge in [-0.25, -0.2) is 0 Å². The average molecular weight is 167 g/mol. The number of methoxy groups -OCH3 is 1. The third-order valence-corrected chi connectivity index (χ3v) is 1.59. The molecule has 1 rings (SSSR count). The minimum absolute atomic E-state index is 0.467. The predicted molar refractivity (Wildman–Crippen MR) is 37.0 cm³/mol. The van der Waals surface area contributed by atoms with Crippen molar-refractivity contribution in [3.8, 4) is 0 Å². The SMILES string of the molecule is COC1(OCCCl)CCO1. The lowest BCUT2D eigenvalue weighted by atomic mass is 10.3. The van der Waals surface area contributed by atoms with Crippen LogP contribution in [0.3, 0.4) is 0 Å². The third kappa shape index (κ3) is 1.61. The Hall–Kier alpha value is 0.170. The molecule has 1 aliphatic heterocycles. The van der Waals surface area contributed by atoms with Gasteiger partial charge in [-0.1, -0.05) is 0 Å². The first-order valence-electron chi connectivity index (χ1n) is 3.22. The molecule has 3 nitrogen and oxygen atoms in total. The maximum absolute atomic E-state index is 5.41. The van der Waals surface area contributed by atoms with Gasteiger partial charge in [0.15, 0.2) is 0 Å². The zero-order chi connectivity index (χ0) is 7.45. The lowest BCUT2D eigenvalue weighted by Crippen LogP contribution is -2.48. The van der Waals surface area contributed by atoms with Gasteiger partial charge in [-0.05, 0) is 0 Å². The van der Waals surface area contributed by atoms with Crippen LogP contribution in [0.1, 0.15) is 6.42 Å². The van der Waals surface area contributed by atoms with Gasteiger partial charge in [0.05, 0.1) is 19.6 Å². The number of ether oxygens (including phenoxy) is 3. The Kier molecular flexibility index (Phi) is 2.92. The first-order chi connectivity index (χ1) is 4.83. The van der Waals surface area contributed by atoms with E-state index in [-0.39, 0.29) is 0 Å². The summed E-state index contributed by atoms with van der Waals surface area (Å²) < 4.78 is 15.2. The van der Waals surface area contributed by atoms with Crippen LogP contribution in [0.2, 0.25) is 0 Å². The van der Waals surface area contributed by atoms with E-state index in [2.05, 4.69) is 0 Å². The molecule has 1 heterocycles. The standard InChI is InChI=1S/C6H11ClO3/c1-8-6(2-4-9-6)10-5-3-7/h2-5H2,1H3. The summed E-state index contributed by atoms with van der Waals surface area (Å²) in [4.78, 5) is 0. The van der Waals surface area contributed by atoms with Gasteiger partial charge in [0.25, 0.3) is 5.97 Å². The Balaban J connectivity index is 2.20. The van der Waals surface area contributed by atoms with Crippen molar-refractivity contribution in [1.82, 2.24) is 0 Å². The Morgan fingerprint density at radius 1 is 1.70 bits per heavy atom. The van der Waals surface area contributed by atoms with Crippen LogP contribution in [-0.4, -0.2) is 32.2 Å². The summed E-state index contributed by atoms with van der Waals surface area (Å²) in [7, 11) is 1.56. The maximum atomic E-state index is 5.41. The van der Waals surface area contributed by atoms with Crippen LogP contribution in [0, 0.1) is 0 Å². The van der Waals surface area contributed by atoms with Gasteiger partial charge >= 0.3 is 0 Å². The van der Waals surface area contributed by atoms with E-state index in [1.807, 2.05) is 0 Å². The molecule has 10 heavy (non-hydrogen) atoms. The maximum Gasteiger partial charge on any atom is 0.284 e. The molecule has 0 aromatic carbocycles. The fourth-order valence-electron chi connectivity index (χ4n) is 0.797. The fraction of sp³-hybridized carbons (Fsp3) is 1.00. The van der Waals surface area contributed by atoms with Crippen LogP contribution in [0.15, 0.2) is 0 Å². The van der Waals surface area contributed by atoms with Gasteiger partial charge in [-0.3, -0.25) is 0 Å². The molecular weight excluding hydrogens is 156 g/mol. The molecule has 60 valence electrons. The molecule has 4 heteroatoms. The van der Waals surface area contributed by atoms with Crippen LogP contribution in [-0.2, 0) is 14.2 Å². The van der Waals surface area contributed by atoms with Crippen molar-refractivity contribution in [2.24, 2.45) is 0 Å². The average Bonchev–Trinajstić information content (AvgIpc) is 1.87. The third-order valence-electron chi connectivity index (χ3n) is 1.44. The molecule has 1 unspecified atom stereocenters. The van der Waals surface area contributed by atoms with E-state index in [0.29, 0.717) is 19.1 Å². The summed E-state index contributed by atoms with van der Waals surface area (Å²) in [5, 5.41) is 0. The van der Waals surface area contributed by atoms with Crippen LogP contribution in [0.5, 0.6) is 0 Å². The van der Waals surface area contributed by atoms with Gasteiger partial charge in [0, 0.05) is 13.0 Å². The topological polar surface area (TPSA) is 27.7 Å². The molecule has 1 fully saturated rings. The highest BCUT2D eigenvalue weighted by molar-refractivity contribution is 6.17. The van der Waals surface area contributed by atoms with Gasteiger partial charge in [0.2, 0.25) is 0 Å². The molecule has 0 aromatic heterocycles. The quantitative estimate of drug-likeness (QED) is 0.460. The summed E-state index contributed by atoms with van der Waals surface area (Å²) in [6.45, 7) is 1.17. The lowest BCUT2D eigenvalue weighted by Gasteiger charge is -2.38. The zero-order valence-electron chi connectivity index (χ0n) is 5.93. The number of alkyl halides is 1. The van der Waals surface area contributed by atoms with Gasteiger partial charge < -0.3 is 14.2 Å². The number of hydrogen-bond acceptors (Lipinski definition) is 3. The summed E-state index contributed by atoms with van der Waals surface area (Å²) in [5.74, 6) is -0.302. The molecule has 0 aliphatic carbocycles. The first kappa shape index (κ1) is 8.27. The van der Waals surface area contributed by atoms with Crippen LogP contribution in [0.4, 0.5) is 0 Å². The molecule has 1 atom stereocenters. The Morgan fingerprint density at radius 2 is 2.40 bits per heavy atom. The number of hydrogen-bond donors (Lipinski definition) is 0. The second kappa shape index (κ2) is 3.53. The second-order valence-corrected chi connectivity index (χ2v) is 2.40. The van der Waals surface area contributed by atoms with Gasteiger partial charge in [-0.15, -0.1) is 11.6 Å². The van der Waals surface area contributed by atoms with Crippen molar-refractivity contribution in [3.05, 3.63) is 0 Å². The number of halogens is 1. The van der Waals surface area contributed by atoms with Crippen LogP contribution < -0.4 is 0 Å². The molecular formula is C6H11ClO3. The van der Waals surface area contributed by atoms with E-state index in [9.17, 15) is 0 Å². The molecule has 0 amide bonds. The van der Waals surface area contributed by atoms with E-state index < -0.39 is 5.97 Å².